The monoisotopic (exact) mass is 340 g/mol. The number of esters is 4. The molecule has 0 saturated heterocycles. The van der Waals surface area contributed by atoms with Gasteiger partial charge in [0.15, 0.2) is 0 Å². The van der Waals surface area contributed by atoms with E-state index in [4.69, 9.17) is 18.9 Å². The molecule has 24 heavy (non-hydrogen) atoms. The number of carbonyl (C=O) groups is 4. The molecule has 132 valence electrons. The SMILES string of the molecule is COC(=O)C1=C(C(=O)OC)CCC(C(=O)OC)=C(C(=O)OC)CC1. The van der Waals surface area contributed by atoms with E-state index in [0.717, 1.165) is 0 Å². The summed E-state index contributed by atoms with van der Waals surface area (Å²) in [5, 5.41) is 0. The van der Waals surface area contributed by atoms with E-state index >= 15 is 0 Å². The highest BCUT2D eigenvalue weighted by molar-refractivity contribution is 6.03. The molecule has 0 N–H and O–H groups in total. The fourth-order valence-electron chi connectivity index (χ4n) is 2.50. The lowest BCUT2D eigenvalue weighted by molar-refractivity contribution is -0.140. The van der Waals surface area contributed by atoms with Gasteiger partial charge in [-0.1, -0.05) is 0 Å². The van der Waals surface area contributed by atoms with Crippen LogP contribution in [0.25, 0.3) is 0 Å². The predicted molar refractivity (Wildman–Crippen MR) is 80.6 cm³/mol. The normalized spacial score (nSPS) is 15.2. The van der Waals surface area contributed by atoms with E-state index in [9.17, 15) is 19.2 Å². The predicted octanol–water partition coefficient (Wildman–Crippen LogP) is 0.846. The summed E-state index contributed by atoms with van der Waals surface area (Å²) in [6.07, 6.45) is 0.119. The van der Waals surface area contributed by atoms with Crippen molar-refractivity contribution in [3.63, 3.8) is 0 Å². The van der Waals surface area contributed by atoms with E-state index < -0.39 is 23.9 Å². The molecule has 1 aliphatic carbocycles. The van der Waals surface area contributed by atoms with Crippen LogP contribution in [-0.4, -0.2) is 52.3 Å². The summed E-state index contributed by atoms with van der Waals surface area (Å²) in [5.41, 5.74) is 0.480. The maximum atomic E-state index is 12.0. The number of hydrogen-bond donors (Lipinski definition) is 0. The molecule has 8 heteroatoms. The molecule has 0 unspecified atom stereocenters. The molecule has 0 aromatic rings. The standard InChI is InChI=1S/C16H20O8/c1-21-13(17)9-5-6-11(15(19)23-3)12(16(20)24-4)8-7-10(9)14(18)22-2/h5-8H2,1-4H3. The third-order valence-corrected chi connectivity index (χ3v) is 3.71. The van der Waals surface area contributed by atoms with Crippen molar-refractivity contribution < 1.29 is 38.1 Å². The molecule has 0 amide bonds. The number of methoxy groups -OCH3 is 4. The first-order valence-corrected chi connectivity index (χ1v) is 7.18. The minimum absolute atomic E-state index is 0.0298. The van der Waals surface area contributed by atoms with Crippen molar-refractivity contribution in [2.45, 2.75) is 25.7 Å². The topological polar surface area (TPSA) is 105 Å². The second kappa shape index (κ2) is 8.85. The minimum Gasteiger partial charge on any atom is -0.466 e. The van der Waals surface area contributed by atoms with Gasteiger partial charge < -0.3 is 18.9 Å². The number of rotatable bonds is 4. The first kappa shape index (κ1) is 19.4. The van der Waals surface area contributed by atoms with Gasteiger partial charge in [0.05, 0.1) is 28.4 Å². The van der Waals surface area contributed by atoms with Crippen LogP contribution in [0, 0.1) is 0 Å². The third-order valence-electron chi connectivity index (χ3n) is 3.71. The number of carbonyl (C=O) groups excluding carboxylic acids is 4. The van der Waals surface area contributed by atoms with Crippen molar-refractivity contribution in [1.82, 2.24) is 0 Å². The lowest BCUT2D eigenvalue weighted by Gasteiger charge is -2.19. The van der Waals surface area contributed by atoms with Crippen molar-refractivity contribution in [2.24, 2.45) is 0 Å². The Labute approximate surface area is 139 Å². The highest BCUT2D eigenvalue weighted by atomic mass is 16.5. The molecule has 0 fully saturated rings. The van der Waals surface area contributed by atoms with Crippen molar-refractivity contribution in [3.8, 4) is 0 Å². The molecular formula is C16H20O8. The molecule has 0 spiro atoms. The fraction of sp³-hybridized carbons (Fsp3) is 0.500. The van der Waals surface area contributed by atoms with Gasteiger partial charge in [-0.2, -0.15) is 0 Å². The highest BCUT2D eigenvalue weighted by Gasteiger charge is 2.30. The van der Waals surface area contributed by atoms with Gasteiger partial charge >= 0.3 is 23.9 Å². The van der Waals surface area contributed by atoms with Crippen LogP contribution in [0.15, 0.2) is 22.3 Å². The summed E-state index contributed by atoms with van der Waals surface area (Å²) in [6, 6.07) is 0. The van der Waals surface area contributed by atoms with Gasteiger partial charge in [-0.15, -0.1) is 0 Å². The van der Waals surface area contributed by atoms with Crippen molar-refractivity contribution in [2.75, 3.05) is 28.4 Å². The summed E-state index contributed by atoms with van der Waals surface area (Å²) >= 11 is 0. The van der Waals surface area contributed by atoms with Crippen molar-refractivity contribution >= 4 is 23.9 Å². The second-order valence-electron chi connectivity index (χ2n) is 4.88. The van der Waals surface area contributed by atoms with Gasteiger partial charge in [-0.3, -0.25) is 0 Å². The van der Waals surface area contributed by atoms with E-state index in [-0.39, 0.29) is 48.0 Å². The molecule has 8 nitrogen and oxygen atoms in total. The second-order valence-corrected chi connectivity index (χ2v) is 4.88. The molecule has 0 aliphatic heterocycles. The van der Waals surface area contributed by atoms with Gasteiger partial charge in [0, 0.05) is 22.3 Å². The lowest BCUT2D eigenvalue weighted by atomic mass is 9.88. The van der Waals surface area contributed by atoms with E-state index in [1.807, 2.05) is 0 Å². The van der Waals surface area contributed by atoms with Crippen molar-refractivity contribution in [1.29, 1.82) is 0 Å². The Hall–Kier alpha value is -2.64. The summed E-state index contributed by atoms with van der Waals surface area (Å²) in [5.74, 6) is -2.72. The van der Waals surface area contributed by atoms with Crippen LogP contribution in [0.4, 0.5) is 0 Å². The molecule has 1 aliphatic rings. The molecule has 0 atom stereocenters. The van der Waals surface area contributed by atoms with E-state index in [1.54, 1.807) is 0 Å². The maximum absolute atomic E-state index is 12.0. The van der Waals surface area contributed by atoms with Crippen LogP contribution in [0.1, 0.15) is 25.7 Å². The van der Waals surface area contributed by atoms with Gasteiger partial charge in [0.2, 0.25) is 0 Å². The van der Waals surface area contributed by atoms with E-state index in [2.05, 4.69) is 0 Å². The van der Waals surface area contributed by atoms with Crippen molar-refractivity contribution in [3.05, 3.63) is 22.3 Å². The van der Waals surface area contributed by atoms with Gasteiger partial charge in [0.1, 0.15) is 0 Å². The lowest BCUT2D eigenvalue weighted by Crippen LogP contribution is -2.21. The van der Waals surface area contributed by atoms with Crippen LogP contribution in [0.5, 0.6) is 0 Å². The zero-order chi connectivity index (χ0) is 18.3. The molecule has 0 aromatic carbocycles. The maximum Gasteiger partial charge on any atom is 0.334 e. The Morgan fingerprint density at radius 1 is 0.500 bits per heavy atom. The molecule has 0 bridgehead atoms. The Kier molecular flexibility index (Phi) is 7.16. The van der Waals surface area contributed by atoms with Gasteiger partial charge in [0.25, 0.3) is 0 Å². The first-order valence-electron chi connectivity index (χ1n) is 7.18. The zero-order valence-electron chi connectivity index (χ0n) is 14.1. The Bertz CT molecular complexity index is 506. The van der Waals surface area contributed by atoms with Crippen LogP contribution in [0.2, 0.25) is 0 Å². The average Bonchev–Trinajstić information content (AvgIpc) is 2.59. The average molecular weight is 340 g/mol. The third kappa shape index (κ3) is 4.21. The summed E-state index contributed by atoms with van der Waals surface area (Å²) < 4.78 is 18.8. The Morgan fingerprint density at radius 2 is 0.667 bits per heavy atom. The van der Waals surface area contributed by atoms with Crippen LogP contribution >= 0.6 is 0 Å². The molecule has 0 aromatic heterocycles. The summed E-state index contributed by atoms with van der Waals surface area (Å²) in [6.45, 7) is 0. The summed E-state index contributed by atoms with van der Waals surface area (Å²) in [7, 11) is 4.78. The fourth-order valence-corrected chi connectivity index (χ4v) is 2.50. The number of hydrogen-bond acceptors (Lipinski definition) is 8. The molecule has 1 rings (SSSR count). The number of ether oxygens (including phenoxy) is 4. The molecule has 0 heterocycles. The molecule has 0 saturated carbocycles. The van der Waals surface area contributed by atoms with E-state index in [0.29, 0.717) is 0 Å². The van der Waals surface area contributed by atoms with Crippen LogP contribution in [0.3, 0.4) is 0 Å². The smallest absolute Gasteiger partial charge is 0.334 e. The van der Waals surface area contributed by atoms with Crippen LogP contribution < -0.4 is 0 Å². The molecular weight excluding hydrogens is 320 g/mol. The Balaban J connectivity index is 3.35. The summed E-state index contributed by atoms with van der Waals surface area (Å²) in [4.78, 5) is 47.9. The zero-order valence-corrected chi connectivity index (χ0v) is 14.1. The molecule has 0 radical (unpaired) electrons. The largest absolute Gasteiger partial charge is 0.466 e. The highest BCUT2D eigenvalue weighted by Crippen LogP contribution is 2.30. The van der Waals surface area contributed by atoms with Gasteiger partial charge in [-0.25, -0.2) is 19.2 Å². The quantitative estimate of drug-likeness (QED) is 0.548. The Morgan fingerprint density at radius 3 is 0.792 bits per heavy atom. The van der Waals surface area contributed by atoms with Crippen LogP contribution in [-0.2, 0) is 38.1 Å². The first-order chi connectivity index (χ1) is 11.4. The van der Waals surface area contributed by atoms with E-state index in [1.165, 1.54) is 28.4 Å². The van der Waals surface area contributed by atoms with Gasteiger partial charge in [-0.05, 0) is 25.7 Å². The minimum atomic E-state index is -0.680.